The lowest BCUT2D eigenvalue weighted by atomic mass is 10.1. The molecule has 2 amide bonds. The minimum atomic E-state index is -0.465. The van der Waals surface area contributed by atoms with Crippen molar-refractivity contribution in [3.05, 3.63) is 64.9 Å². The van der Waals surface area contributed by atoms with Gasteiger partial charge >= 0.3 is 6.03 Å². The van der Waals surface area contributed by atoms with E-state index < -0.39 is 6.17 Å². The minimum Gasteiger partial charge on any atom is -0.271 e. The first-order valence-corrected chi connectivity index (χ1v) is 7.92. The Balaban J connectivity index is 1.83. The van der Waals surface area contributed by atoms with Gasteiger partial charge in [0.25, 0.3) is 0 Å². The van der Waals surface area contributed by atoms with Crippen LogP contribution in [-0.2, 0) is 0 Å². The van der Waals surface area contributed by atoms with Gasteiger partial charge in [0.2, 0.25) is 0 Å². The summed E-state index contributed by atoms with van der Waals surface area (Å²) in [6.07, 6.45) is 0.429. The standard InChI is InChI=1S/C17H15ClFN3O/c18-12-6-8-13(9-7-12)22-16(14-4-1-2-5-15(14)19)20-10-3-11-21(20)17(22)23/h1-2,4-9,16H,3,10-11H2. The number of rotatable bonds is 2. The Morgan fingerprint density at radius 2 is 1.78 bits per heavy atom. The Bertz CT molecular complexity index is 752. The van der Waals surface area contributed by atoms with Crippen LogP contribution in [0.2, 0.25) is 5.02 Å². The van der Waals surface area contributed by atoms with Gasteiger partial charge in [-0.05, 0) is 36.8 Å². The lowest BCUT2D eigenvalue weighted by molar-refractivity contribution is 0.0714. The molecule has 1 atom stereocenters. The molecule has 4 rings (SSSR count). The number of benzene rings is 2. The van der Waals surface area contributed by atoms with Crippen LogP contribution in [0.1, 0.15) is 18.2 Å². The lowest BCUT2D eigenvalue weighted by Gasteiger charge is -2.28. The van der Waals surface area contributed by atoms with Gasteiger partial charge in [0.1, 0.15) is 12.0 Å². The second-order valence-electron chi connectivity index (χ2n) is 5.66. The topological polar surface area (TPSA) is 26.8 Å². The molecule has 0 aliphatic carbocycles. The number of carbonyl (C=O) groups is 1. The maximum Gasteiger partial charge on any atom is 0.340 e. The van der Waals surface area contributed by atoms with Crippen LogP contribution in [0.25, 0.3) is 0 Å². The summed E-state index contributed by atoms with van der Waals surface area (Å²) in [6, 6.07) is 13.5. The van der Waals surface area contributed by atoms with Crippen LogP contribution in [-0.4, -0.2) is 29.1 Å². The Kier molecular flexibility index (Phi) is 3.47. The number of halogens is 2. The summed E-state index contributed by atoms with van der Waals surface area (Å²) in [5, 5.41) is 4.24. The van der Waals surface area contributed by atoms with Crippen molar-refractivity contribution >= 4 is 23.3 Å². The fourth-order valence-corrected chi connectivity index (χ4v) is 3.42. The van der Waals surface area contributed by atoms with Crippen LogP contribution in [0, 0.1) is 5.82 Å². The Hall–Kier alpha value is -2.11. The first-order valence-electron chi connectivity index (χ1n) is 7.54. The summed E-state index contributed by atoms with van der Waals surface area (Å²) >= 11 is 5.94. The van der Waals surface area contributed by atoms with Gasteiger partial charge in [-0.2, -0.15) is 5.01 Å². The third-order valence-corrected chi connectivity index (χ3v) is 4.56. The Morgan fingerprint density at radius 3 is 2.52 bits per heavy atom. The molecule has 2 aromatic rings. The number of urea groups is 1. The van der Waals surface area contributed by atoms with Gasteiger partial charge in [-0.3, -0.25) is 9.91 Å². The zero-order chi connectivity index (χ0) is 16.0. The molecule has 0 bridgehead atoms. The predicted octanol–water partition coefficient (Wildman–Crippen LogP) is 4.04. The van der Waals surface area contributed by atoms with Crippen molar-refractivity contribution in [1.82, 2.24) is 10.0 Å². The molecule has 6 heteroatoms. The summed E-state index contributed by atoms with van der Waals surface area (Å²) in [7, 11) is 0. The number of anilines is 1. The van der Waals surface area contributed by atoms with E-state index in [0.717, 1.165) is 13.0 Å². The van der Waals surface area contributed by atoms with Gasteiger partial charge in [0.15, 0.2) is 0 Å². The third kappa shape index (κ3) is 2.28. The van der Waals surface area contributed by atoms with Gasteiger partial charge in [-0.15, -0.1) is 0 Å². The van der Waals surface area contributed by atoms with E-state index in [4.69, 9.17) is 11.6 Å². The molecule has 2 fully saturated rings. The SMILES string of the molecule is O=C1N(c2ccc(Cl)cc2)C(c2ccccc2F)N2CCCN12. The van der Waals surface area contributed by atoms with E-state index in [1.54, 1.807) is 52.4 Å². The molecule has 0 N–H and O–H groups in total. The van der Waals surface area contributed by atoms with E-state index in [1.165, 1.54) is 6.07 Å². The van der Waals surface area contributed by atoms with Crippen LogP contribution in [0.5, 0.6) is 0 Å². The van der Waals surface area contributed by atoms with Crippen molar-refractivity contribution < 1.29 is 9.18 Å². The van der Waals surface area contributed by atoms with E-state index in [9.17, 15) is 9.18 Å². The van der Waals surface area contributed by atoms with E-state index in [2.05, 4.69) is 0 Å². The second kappa shape index (κ2) is 5.51. The van der Waals surface area contributed by atoms with E-state index in [-0.39, 0.29) is 11.8 Å². The van der Waals surface area contributed by atoms with E-state index in [0.29, 0.717) is 22.8 Å². The zero-order valence-electron chi connectivity index (χ0n) is 12.3. The van der Waals surface area contributed by atoms with Crippen molar-refractivity contribution in [3.63, 3.8) is 0 Å². The number of amides is 2. The summed E-state index contributed by atoms with van der Waals surface area (Å²) in [5.41, 5.74) is 1.21. The lowest BCUT2D eigenvalue weighted by Crippen LogP contribution is -2.32. The van der Waals surface area contributed by atoms with Crippen LogP contribution in [0.3, 0.4) is 0 Å². The molecule has 2 aliphatic heterocycles. The molecule has 4 nitrogen and oxygen atoms in total. The second-order valence-corrected chi connectivity index (χ2v) is 6.10. The molecule has 0 aromatic heterocycles. The van der Waals surface area contributed by atoms with Gasteiger partial charge < -0.3 is 0 Å². The number of hydrogen-bond acceptors (Lipinski definition) is 2. The monoisotopic (exact) mass is 331 g/mol. The number of carbonyl (C=O) groups excluding carboxylic acids is 1. The molecule has 2 aliphatic rings. The number of hydrogen-bond donors (Lipinski definition) is 0. The van der Waals surface area contributed by atoms with Gasteiger partial charge in [0.05, 0.1) is 0 Å². The highest BCUT2D eigenvalue weighted by Gasteiger charge is 2.48. The average Bonchev–Trinajstić information content (AvgIpc) is 3.12. The van der Waals surface area contributed by atoms with E-state index in [1.807, 2.05) is 5.01 Å². The molecule has 2 heterocycles. The quantitative estimate of drug-likeness (QED) is 0.830. The highest BCUT2D eigenvalue weighted by atomic mass is 35.5. The Morgan fingerprint density at radius 1 is 1.04 bits per heavy atom. The summed E-state index contributed by atoms with van der Waals surface area (Å²) < 4.78 is 14.4. The molecule has 0 radical (unpaired) electrons. The van der Waals surface area contributed by atoms with Crippen LogP contribution < -0.4 is 4.90 Å². The Labute approximate surface area is 138 Å². The first-order chi connectivity index (χ1) is 11.2. The van der Waals surface area contributed by atoms with Gasteiger partial charge in [-0.1, -0.05) is 29.8 Å². The van der Waals surface area contributed by atoms with Crippen molar-refractivity contribution in [2.75, 3.05) is 18.0 Å². The maximum atomic E-state index is 14.4. The number of nitrogens with zero attached hydrogens (tertiary/aromatic N) is 3. The van der Waals surface area contributed by atoms with Crippen molar-refractivity contribution in [1.29, 1.82) is 0 Å². The molecule has 2 saturated heterocycles. The summed E-state index contributed by atoms with van der Waals surface area (Å²) in [4.78, 5) is 14.5. The fourth-order valence-electron chi connectivity index (χ4n) is 3.29. The molecule has 0 spiro atoms. The fraction of sp³-hybridized carbons (Fsp3) is 0.235. The maximum absolute atomic E-state index is 14.4. The summed E-state index contributed by atoms with van der Waals surface area (Å²) in [6.45, 7) is 1.39. The van der Waals surface area contributed by atoms with Crippen molar-refractivity contribution in [3.8, 4) is 0 Å². The molecule has 0 saturated carbocycles. The normalized spacial score (nSPS) is 21.1. The number of hydrazine groups is 1. The molecule has 2 aromatic carbocycles. The van der Waals surface area contributed by atoms with E-state index >= 15 is 0 Å². The minimum absolute atomic E-state index is 0.127. The zero-order valence-corrected chi connectivity index (χ0v) is 13.1. The molecule has 23 heavy (non-hydrogen) atoms. The molecular formula is C17H15ClFN3O. The van der Waals surface area contributed by atoms with Crippen molar-refractivity contribution in [2.45, 2.75) is 12.6 Å². The highest BCUT2D eigenvalue weighted by Crippen LogP contribution is 2.41. The van der Waals surface area contributed by atoms with Crippen LogP contribution in [0.15, 0.2) is 48.5 Å². The first kappa shape index (κ1) is 14.5. The molecule has 1 unspecified atom stereocenters. The van der Waals surface area contributed by atoms with Crippen LogP contribution >= 0.6 is 11.6 Å². The van der Waals surface area contributed by atoms with Gasteiger partial charge in [0, 0.05) is 29.4 Å². The van der Waals surface area contributed by atoms with Gasteiger partial charge in [-0.25, -0.2) is 9.18 Å². The van der Waals surface area contributed by atoms with Crippen LogP contribution in [0.4, 0.5) is 14.9 Å². The molecular weight excluding hydrogens is 317 g/mol. The number of fused-ring (bicyclic) bond motifs is 1. The average molecular weight is 332 g/mol. The predicted molar refractivity (Wildman–Crippen MR) is 86.5 cm³/mol. The third-order valence-electron chi connectivity index (χ3n) is 4.31. The van der Waals surface area contributed by atoms with Crippen molar-refractivity contribution in [2.24, 2.45) is 0 Å². The molecule has 118 valence electrons. The summed E-state index contributed by atoms with van der Waals surface area (Å²) in [5.74, 6) is -0.307. The highest BCUT2D eigenvalue weighted by molar-refractivity contribution is 6.30. The largest absolute Gasteiger partial charge is 0.340 e. The smallest absolute Gasteiger partial charge is 0.271 e.